The van der Waals surface area contributed by atoms with Crippen molar-refractivity contribution in [3.8, 4) is 17.2 Å². The number of alkyl halides is 3. The van der Waals surface area contributed by atoms with Gasteiger partial charge in [-0.15, -0.1) is 0 Å². The average molecular weight is 437 g/mol. The molecular formula is C23H26F3NO4. The van der Waals surface area contributed by atoms with Gasteiger partial charge in [-0.1, -0.05) is 17.3 Å². The third-order valence-electron chi connectivity index (χ3n) is 4.19. The van der Waals surface area contributed by atoms with Crippen LogP contribution >= 0.6 is 0 Å². The number of allylic oxidation sites excluding steroid dienone is 1. The number of rotatable bonds is 10. The molecule has 8 heteroatoms. The zero-order chi connectivity index (χ0) is 22.9. The molecule has 168 valence electrons. The third kappa shape index (κ3) is 7.24. The second-order valence-corrected chi connectivity index (χ2v) is 6.61. The van der Waals surface area contributed by atoms with E-state index < -0.39 is 11.9 Å². The van der Waals surface area contributed by atoms with E-state index in [1.165, 1.54) is 24.3 Å². The number of benzene rings is 2. The quantitative estimate of drug-likeness (QED) is 0.209. The maximum absolute atomic E-state index is 13.0. The number of aryl methyl sites for hydroxylation is 2. The van der Waals surface area contributed by atoms with Crippen LogP contribution in [0.15, 0.2) is 53.7 Å². The topological polar surface area (TPSA) is 49.3 Å². The molecule has 0 fully saturated rings. The van der Waals surface area contributed by atoms with E-state index in [9.17, 15) is 13.2 Å². The highest BCUT2D eigenvalue weighted by molar-refractivity contribution is 6.04. The van der Waals surface area contributed by atoms with Gasteiger partial charge in [0, 0.05) is 5.56 Å². The van der Waals surface area contributed by atoms with Crippen LogP contribution in [-0.2, 0) is 4.84 Å². The van der Waals surface area contributed by atoms with Gasteiger partial charge in [-0.25, -0.2) is 0 Å². The number of nitrogens with zero attached hydrogens (tertiary/aromatic N) is 1. The summed E-state index contributed by atoms with van der Waals surface area (Å²) in [6, 6.07) is 9.26. The van der Waals surface area contributed by atoms with Gasteiger partial charge < -0.3 is 19.0 Å². The van der Waals surface area contributed by atoms with E-state index in [0.717, 1.165) is 29.7 Å². The van der Waals surface area contributed by atoms with Crippen molar-refractivity contribution in [3.05, 3.63) is 65.2 Å². The lowest BCUT2D eigenvalue weighted by molar-refractivity contribution is -0.0608. The van der Waals surface area contributed by atoms with Crippen molar-refractivity contribution in [2.24, 2.45) is 5.16 Å². The smallest absolute Gasteiger partial charge is 0.437 e. The van der Waals surface area contributed by atoms with Gasteiger partial charge in [-0.2, -0.15) is 13.2 Å². The van der Waals surface area contributed by atoms with Gasteiger partial charge in [0.05, 0.1) is 0 Å². The van der Waals surface area contributed by atoms with Crippen LogP contribution in [0.1, 0.15) is 23.6 Å². The van der Waals surface area contributed by atoms with Crippen LogP contribution in [0.4, 0.5) is 13.2 Å². The van der Waals surface area contributed by atoms with E-state index in [2.05, 4.69) is 9.99 Å². The van der Waals surface area contributed by atoms with E-state index in [1.54, 1.807) is 0 Å². The Labute approximate surface area is 180 Å². The van der Waals surface area contributed by atoms with Gasteiger partial charge in [0.25, 0.3) is 0 Å². The summed E-state index contributed by atoms with van der Waals surface area (Å²) < 4.78 is 56.1. The van der Waals surface area contributed by atoms with Gasteiger partial charge >= 0.3 is 6.18 Å². The van der Waals surface area contributed by atoms with Crippen molar-refractivity contribution in [3.63, 3.8) is 0 Å². The molecule has 0 bridgehead atoms. The molecule has 0 unspecified atom stereocenters. The summed E-state index contributed by atoms with van der Waals surface area (Å²) in [6.45, 7) is 6.82. The van der Waals surface area contributed by atoms with Crippen molar-refractivity contribution in [1.82, 2.24) is 0 Å². The standard InChI is InChI=1S/C23H26F3NO4/c1-5-6-11-29-20-14-16(2)21(17(3)15-20)31-13-12-30-19-9-7-18(8-10-19)22(27-28-4)23(24,25)26/h5-10,14-15H,11-13H2,1-4H3/b6-5+,27-22?. The fourth-order valence-electron chi connectivity index (χ4n) is 2.83. The summed E-state index contributed by atoms with van der Waals surface area (Å²) >= 11 is 0. The Morgan fingerprint density at radius 2 is 1.55 bits per heavy atom. The van der Waals surface area contributed by atoms with Crippen LogP contribution in [0, 0.1) is 13.8 Å². The minimum atomic E-state index is -4.62. The van der Waals surface area contributed by atoms with Crippen LogP contribution in [0.3, 0.4) is 0 Å². The maximum Gasteiger partial charge on any atom is 0.437 e. The van der Waals surface area contributed by atoms with E-state index in [0.29, 0.717) is 12.4 Å². The maximum atomic E-state index is 13.0. The lowest BCUT2D eigenvalue weighted by Gasteiger charge is -2.15. The molecular weight excluding hydrogens is 411 g/mol. The van der Waals surface area contributed by atoms with Gasteiger partial charge in [-0.3, -0.25) is 0 Å². The van der Waals surface area contributed by atoms with E-state index >= 15 is 0 Å². The van der Waals surface area contributed by atoms with Gasteiger partial charge in [0.15, 0.2) is 5.71 Å². The number of hydrogen-bond acceptors (Lipinski definition) is 5. The molecule has 5 nitrogen and oxygen atoms in total. The van der Waals surface area contributed by atoms with Crippen molar-refractivity contribution in [1.29, 1.82) is 0 Å². The van der Waals surface area contributed by atoms with E-state index in [-0.39, 0.29) is 18.8 Å². The summed E-state index contributed by atoms with van der Waals surface area (Å²) in [6.07, 6.45) is -0.768. The first-order chi connectivity index (χ1) is 14.8. The minimum absolute atomic E-state index is 0.110. The highest BCUT2D eigenvalue weighted by Gasteiger charge is 2.37. The second kappa shape index (κ2) is 11.3. The lowest BCUT2D eigenvalue weighted by atomic mass is 10.1. The molecule has 0 N–H and O–H groups in total. The predicted molar refractivity (Wildman–Crippen MR) is 113 cm³/mol. The Morgan fingerprint density at radius 3 is 2.10 bits per heavy atom. The molecule has 0 spiro atoms. The molecule has 0 heterocycles. The molecule has 0 saturated heterocycles. The first-order valence-corrected chi connectivity index (χ1v) is 9.65. The van der Waals surface area contributed by atoms with Crippen molar-refractivity contribution < 1.29 is 32.2 Å². The molecule has 0 amide bonds. The Bertz CT molecular complexity index is 883. The summed E-state index contributed by atoms with van der Waals surface area (Å²) in [7, 11) is 1.07. The van der Waals surface area contributed by atoms with Crippen LogP contribution < -0.4 is 14.2 Å². The molecule has 2 rings (SSSR count). The van der Waals surface area contributed by atoms with Crippen LogP contribution in [0.2, 0.25) is 0 Å². The minimum Gasteiger partial charge on any atom is -0.490 e. The average Bonchev–Trinajstić information content (AvgIpc) is 2.71. The summed E-state index contributed by atoms with van der Waals surface area (Å²) in [4.78, 5) is 4.30. The van der Waals surface area contributed by atoms with Gasteiger partial charge in [-0.05, 0) is 68.3 Å². The first kappa shape index (κ1) is 24.1. The molecule has 2 aromatic rings. The SMILES string of the molecule is C/C=C/COc1cc(C)c(OCCOc2ccc(C(=NOC)C(F)(F)F)cc2)c(C)c1. The van der Waals surface area contributed by atoms with Crippen molar-refractivity contribution >= 4 is 5.71 Å². The summed E-state index contributed by atoms with van der Waals surface area (Å²) in [5, 5.41) is 3.07. The number of oxime groups is 1. The Hall–Kier alpha value is -3.16. The molecule has 0 atom stereocenters. The number of ether oxygens (including phenoxy) is 3. The van der Waals surface area contributed by atoms with Gasteiger partial charge in [0.1, 0.15) is 44.2 Å². The highest BCUT2D eigenvalue weighted by atomic mass is 19.4. The normalized spacial score (nSPS) is 12.2. The van der Waals surface area contributed by atoms with E-state index in [4.69, 9.17) is 14.2 Å². The van der Waals surface area contributed by atoms with Crippen LogP contribution in [-0.4, -0.2) is 38.8 Å². The number of hydrogen-bond donors (Lipinski definition) is 0. The molecule has 2 aromatic carbocycles. The zero-order valence-corrected chi connectivity index (χ0v) is 18.0. The molecule has 0 aliphatic rings. The van der Waals surface area contributed by atoms with Crippen LogP contribution in [0.25, 0.3) is 0 Å². The van der Waals surface area contributed by atoms with Crippen molar-refractivity contribution in [2.45, 2.75) is 26.9 Å². The Balaban J connectivity index is 1.91. The van der Waals surface area contributed by atoms with Crippen molar-refractivity contribution in [2.75, 3.05) is 26.9 Å². The second-order valence-electron chi connectivity index (χ2n) is 6.61. The molecule has 0 aliphatic carbocycles. The first-order valence-electron chi connectivity index (χ1n) is 9.65. The largest absolute Gasteiger partial charge is 0.490 e. The molecule has 0 radical (unpaired) electrons. The Kier molecular flexibility index (Phi) is 8.78. The highest BCUT2D eigenvalue weighted by Crippen LogP contribution is 2.29. The number of halogens is 3. The van der Waals surface area contributed by atoms with E-state index in [1.807, 2.05) is 45.1 Å². The van der Waals surface area contributed by atoms with Crippen LogP contribution in [0.5, 0.6) is 17.2 Å². The zero-order valence-electron chi connectivity index (χ0n) is 18.0. The van der Waals surface area contributed by atoms with Gasteiger partial charge in [0.2, 0.25) is 0 Å². The molecule has 0 saturated carbocycles. The lowest BCUT2D eigenvalue weighted by Crippen LogP contribution is -2.24. The monoisotopic (exact) mass is 437 g/mol. The summed E-state index contributed by atoms with van der Waals surface area (Å²) in [5.74, 6) is 1.95. The fraction of sp³-hybridized carbons (Fsp3) is 0.348. The summed E-state index contributed by atoms with van der Waals surface area (Å²) in [5.41, 5.74) is 0.670. The predicted octanol–water partition coefficient (Wildman–Crippen LogP) is 5.63. The Morgan fingerprint density at radius 1 is 0.935 bits per heavy atom. The molecule has 31 heavy (non-hydrogen) atoms. The fourth-order valence-corrected chi connectivity index (χ4v) is 2.83. The molecule has 0 aromatic heterocycles. The third-order valence-corrected chi connectivity index (χ3v) is 4.19. The molecule has 0 aliphatic heterocycles.